The number of para-hydroxylation sites is 1. The molecule has 170 valence electrons. The van der Waals surface area contributed by atoms with Crippen molar-refractivity contribution in [3.05, 3.63) is 106 Å². The van der Waals surface area contributed by atoms with E-state index in [1.807, 2.05) is 18.2 Å². The van der Waals surface area contributed by atoms with Gasteiger partial charge in [0.1, 0.15) is 0 Å². The van der Waals surface area contributed by atoms with Crippen molar-refractivity contribution in [2.24, 2.45) is 5.10 Å². The van der Waals surface area contributed by atoms with Gasteiger partial charge in [0.05, 0.1) is 34.7 Å². The van der Waals surface area contributed by atoms with Gasteiger partial charge >= 0.3 is 0 Å². The third kappa shape index (κ3) is 6.01. The van der Waals surface area contributed by atoms with E-state index in [-0.39, 0.29) is 23.5 Å². The highest BCUT2D eigenvalue weighted by Crippen LogP contribution is 2.25. The van der Waals surface area contributed by atoms with Gasteiger partial charge in [-0.2, -0.15) is 5.10 Å². The molecule has 0 atom stereocenters. The molecule has 1 N–H and O–H groups in total. The van der Waals surface area contributed by atoms with E-state index < -0.39 is 20.9 Å². The Kier molecular flexibility index (Phi) is 7.19. The van der Waals surface area contributed by atoms with Crippen molar-refractivity contribution in [3.8, 4) is 0 Å². The first-order valence-electron chi connectivity index (χ1n) is 9.87. The number of hydrogen-bond donors (Lipinski definition) is 1. The summed E-state index contributed by atoms with van der Waals surface area (Å²) in [5.74, 6) is -0.589. The van der Waals surface area contributed by atoms with Crippen molar-refractivity contribution in [1.29, 1.82) is 0 Å². The van der Waals surface area contributed by atoms with Gasteiger partial charge in [0.15, 0.2) is 0 Å². The third-order valence-electron chi connectivity index (χ3n) is 4.81. The summed E-state index contributed by atoms with van der Waals surface area (Å²) < 4.78 is 26.3. The number of nitrogens with one attached hydrogen (secondary N) is 1. The molecule has 0 fully saturated rings. The molecular weight excluding hydrogens is 444 g/mol. The lowest BCUT2D eigenvalue weighted by Gasteiger charge is -2.24. The molecule has 0 aliphatic carbocycles. The predicted molar refractivity (Wildman–Crippen MR) is 127 cm³/mol. The number of rotatable bonds is 8. The number of carbonyl (C=O) groups excluding carboxylic acids is 1. The average molecular weight is 467 g/mol. The molecular formula is C23H22N4O5S. The molecule has 0 spiro atoms. The fourth-order valence-electron chi connectivity index (χ4n) is 3.10. The molecule has 0 heterocycles. The van der Waals surface area contributed by atoms with Gasteiger partial charge in [-0.3, -0.25) is 19.2 Å². The standard InChI is InChI=1S/C23H22N4O5S/c1-17(19-12-14-20(15-13-19)27(29)30)24-25-23(28)21-10-6-7-11-22(21)26(33(2,31)32)16-18-8-4-3-5-9-18/h3-15H,16H2,1-2H3,(H,25,28)/b24-17+. The van der Waals surface area contributed by atoms with Crippen LogP contribution in [0.25, 0.3) is 0 Å². The summed E-state index contributed by atoms with van der Waals surface area (Å²) >= 11 is 0. The highest BCUT2D eigenvalue weighted by molar-refractivity contribution is 7.92. The Balaban J connectivity index is 1.87. The third-order valence-corrected chi connectivity index (χ3v) is 5.93. The number of nitro benzene ring substituents is 1. The van der Waals surface area contributed by atoms with Crippen molar-refractivity contribution in [2.45, 2.75) is 13.5 Å². The Morgan fingerprint density at radius 2 is 1.61 bits per heavy atom. The molecule has 0 radical (unpaired) electrons. The van der Waals surface area contributed by atoms with Gasteiger partial charge < -0.3 is 0 Å². The number of anilines is 1. The number of sulfonamides is 1. The van der Waals surface area contributed by atoms with E-state index in [2.05, 4.69) is 10.5 Å². The topological polar surface area (TPSA) is 122 Å². The van der Waals surface area contributed by atoms with Crippen LogP contribution in [0, 0.1) is 10.1 Å². The van der Waals surface area contributed by atoms with Gasteiger partial charge in [-0.05, 0) is 42.3 Å². The van der Waals surface area contributed by atoms with Crippen LogP contribution in [0.2, 0.25) is 0 Å². The molecule has 3 rings (SSSR count). The highest BCUT2D eigenvalue weighted by atomic mass is 32.2. The smallest absolute Gasteiger partial charge is 0.267 e. The molecule has 0 saturated heterocycles. The lowest BCUT2D eigenvalue weighted by atomic mass is 10.1. The number of non-ortho nitro benzene ring substituents is 1. The van der Waals surface area contributed by atoms with Crippen molar-refractivity contribution >= 4 is 33.0 Å². The van der Waals surface area contributed by atoms with Crippen LogP contribution in [-0.4, -0.2) is 31.2 Å². The van der Waals surface area contributed by atoms with E-state index in [1.54, 1.807) is 37.3 Å². The van der Waals surface area contributed by atoms with Crippen LogP contribution in [0.4, 0.5) is 11.4 Å². The molecule has 10 heteroatoms. The average Bonchev–Trinajstić information content (AvgIpc) is 2.81. The zero-order chi connectivity index (χ0) is 24.0. The molecule has 0 aromatic heterocycles. The Morgan fingerprint density at radius 1 is 1.00 bits per heavy atom. The number of benzene rings is 3. The predicted octanol–water partition coefficient (Wildman–Crippen LogP) is 3.72. The molecule has 0 bridgehead atoms. The van der Waals surface area contributed by atoms with Crippen LogP contribution in [0.5, 0.6) is 0 Å². The zero-order valence-electron chi connectivity index (χ0n) is 18.0. The molecule has 9 nitrogen and oxygen atoms in total. The molecule has 3 aromatic carbocycles. The first-order valence-corrected chi connectivity index (χ1v) is 11.7. The largest absolute Gasteiger partial charge is 0.273 e. The molecule has 33 heavy (non-hydrogen) atoms. The maximum Gasteiger partial charge on any atom is 0.273 e. The lowest BCUT2D eigenvalue weighted by Crippen LogP contribution is -2.32. The maximum atomic E-state index is 12.9. The van der Waals surface area contributed by atoms with Gasteiger partial charge in [-0.15, -0.1) is 0 Å². The summed E-state index contributed by atoms with van der Waals surface area (Å²) in [7, 11) is -3.70. The zero-order valence-corrected chi connectivity index (χ0v) is 18.8. The molecule has 0 saturated carbocycles. The summed E-state index contributed by atoms with van der Waals surface area (Å²) in [6.45, 7) is 1.71. The number of carbonyl (C=O) groups is 1. The minimum absolute atomic E-state index is 0.0520. The number of nitro groups is 1. The summed E-state index contributed by atoms with van der Waals surface area (Å²) in [6.07, 6.45) is 1.08. The normalized spacial score (nSPS) is 11.6. The van der Waals surface area contributed by atoms with Gasteiger partial charge in [0.2, 0.25) is 10.0 Å². The van der Waals surface area contributed by atoms with E-state index in [9.17, 15) is 23.3 Å². The Bertz CT molecular complexity index is 1290. The second-order valence-electron chi connectivity index (χ2n) is 7.21. The van der Waals surface area contributed by atoms with Crippen molar-refractivity contribution in [3.63, 3.8) is 0 Å². The minimum Gasteiger partial charge on any atom is -0.267 e. The Hall–Kier alpha value is -4.05. The molecule has 0 unspecified atom stereocenters. The summed E-state index contributed by atoms with van der Waals surface area (Å²) in [4.78, 5) is 23.2. The van der Waals surface area contributed by atoms with E-state index >= 15 is 0 Å². The summed E-state index contributed by atoms with van der Waals surface area (Å²) in [6, 6.07) is 21.2. The molecule has 0 aliphatic rings. The quantitative estimate of drug-likeness (QED) is 0.308. The van der Waals surface area contributed by atoms with Crippen LogP contribution in [0.15, 0.2) is 84.0 Å². The summed E-state index contributed by atoms with van der Waals surface area (Å²) in [5.41, 5.74) is 4.54. The lowest BCUT2D eigenvalue weighted by molar-refractivity contribution is -0.384. The Morgan fingerprint density at radius 3 is 2.21 bits per heavy atom. The van der Waals surface area contributed by atoms with Gasteiger partial charge in [0.25, 0.3) is 11.6 Å². The van der Waals surface area contributed by atoms with Crippen LogP contribution < -0.4 is 9.73 Å². The number of nitrogens with zero attached hydrogens (tertiary/aromatic N) is 3. The molecule has 1 amide bonds. The van der Waals surface area contributed by atoms with E-state index in [0.29, 0.717) is 11.3 Å². The molecule has 0 aliphatic heterocycles. The molecule has 3 aromatic rings. The van der Waals surface area contributed by atoms with Gasteiger partial charge in [-0.1, -0.05) is 42.5 Å². The monoisotopic (exact) mass is 466 g/mol. The Labute approximate surface area is 191 Å². The minimum atomic E-state index is -3.70. The highest BCUT2D eigenvalue weighted by Gasteiger charge is 2.23. The van der Waals surface area contributed by atoms with Crippen molar-refractivity contribution < 1.29 is 18.1 Å². The van der Waals surface area contributed by atoms with Crippen LogP contribution in [-0.2, 0) is 16.6 Å². The number of hydrogen-bond acceptors (Lipinski definition) is 6. The van der Waals surface area contributed by atoms with Crippen LogP contribution in [0.1, 0.15) is 28.4 Å². The van der Waals surface area contributed by atoms with Crippen molar-refractivity contribution in [1.82, 2.24) is 5.43 Å². The fourth-order valence-corrected chi connectivity index (χ4v) is 4.00. The second kappa shape index (κ2) is 10.0. The van der Waals surface area contributed by atoms with Gasteiger partial charge in [-0.25, -0.2) is 13.8 Å². The fraction of sp³-hybridized carbons (Fsp3) is 0.130. The maximum absolute atomic E-state index is 12.9. The second-order valence-corrected chi connectivity index (χ2v) is 9.12. The van der Waals surface area contributed by atoms with Crippen LogP contribution in [0.3, 0.4) is 0 Å². The van der Waals surface area contributed by atoms with Crippen molar-refractivity contribution in [2.75, 3.05) is 10.6 Å². The number of hydrazone groups is 1. The van der Waals surface area contributed by atoms with Crippen LogP contribution >= 0.6 is 0 Å². The number of amides is 1. The van der Waals surface area contributed by atoms with E-state index in [4.69, 9.17) is 0 Å². The first-order chi connectivity index (χ1) is 15.7. The van der Waals surface area contributed by atoms with E-state index in [0.717, 1.165) is 11.8 Å². The van der Waals surface area contributed by atoms with E-state index in [1.165, 1.54) is 34.6 Å². The summed E-state index contributed by atoms with van der Waals surface area (Å²) in [5, 5.41) is 14.9. The van der Waals surface area contributed by atoms with Gasteiger partial charge in [0, 0.05) is 12.1 Å². The first kappa shape index (κ1) is 23.6. The SMILES string of the molecule is C/C(=N\NC(=O)c1ccccc1N(Cc1ccccc1)S(C)(=O)=O)c1ccc([N+](=O)[O-])cc1.